The van der Waals surface area contributed by atoms with Crippen molar-refractivity contribution < 1.29 is 14.7 Å². The van der Waals surface area contributed by atoms with Crippen LogP contribution in [-0.2, 0) is 19.5 Å². The summed E-state index contributed by atoms with van der Waals surface area (Å²) in [6, 6.07) is 15.8. The summed E-state index contributed by atoms with van der Waals surface area (Å²) in [7, 11) is 0. The Hall–Kier alpha value is -4.00. The van der Waals surface area contributed by atoms with Gasteiger partial charge < -0.3 is 15.7 Å². The van der Waals surface area contributed by atoms with E-state index in [0.717, 1.165) is 67.9 Å². The SMILES string of the molecule is O=C(c1ncc(CNCCO)s1)n1ccc2c(-c3cccc4c3ccn4C(=O)c3nc4c(s3)CNCC4)cccc21. The minimum absolute atomic E-state index is 0.0580. The Morgan fingerprint density at radius 2 is 1.61 bits per heavy atom. The molecule has 1 aliphatic heterocycles. The number of thiazole rings is 2. The first kappa shape index (κ1) is 25.9. The van der Waals surface area contributed by atoms with Crippen molar-refractivity contribution in [2.24, 2.45) is 0 Å². The van der Waals surface area contributed by atoms with Gasteiger partial charge in [0.25, 0.3) is 11.8 Å². The van der Waals surface area contributed by atoms with Crippen molar-refractivity contribution >= 4 is 56.3 Å². The third kappa shape index (κ3) is 4.61. The van der Waals surface area contributed by atoms with Crippen LogP contribution in [0.5, 0.6) is 0 Å². The number of rotatable bonds is 7. The second kappa shape index (κ2) is 10.8. The molecule has 4 aromatic heterocycles. The fraction of sp³-hybridized carbons (Fsp3) is 0.200. The second-order valence-corrected chi connectivity index (χ2v) is 12.0. The molecule has 0 bridgehead atoms. The van der Waals surface area contributed by atoms with Crippen molar-refractivity contribution in [1.29, 1.82) is 0 Å². The van der Waals surface area contributed by atoms with Gasteiger partial charge in [-0.15, -0.1) is 22.7 Å². The van der Waals surface area contributed by atoms with Crippen LogP contribution in [0.25, 0.3) is 32.9 Å². The van der Waals surface area contributed by atoms with Crippen LogP contribution < -0.4 is 10.6 Å². The van der Waals surface area contributed by atoms with Crippen LogP contribution in [0.3, 0.4) is 0 Å². The van der Waals surface area contributed by atoms with Gasteiger partial charge in [0.1, 0.15) is 0 Å². The third-order valence-corrected chi connectivity index (χ3v) is 9.37. The first-order valence-electron chi connectivity index (χ1n) is 13.4. The van der Waals surface area contributed by atoms with E-state index in [4.69, 9.17) is 5.11 Å². The zero-order chi connectivity index (χ0) is 27.9. The maximum Gasteiger partial charge on any atom is 0.291 e. The van der Waals surface area contributed by atoms with E-state index in [1.165, 1.54) is 22.7 Å². The maximum atomic E-state index is 13.5. The Morgan fingerprint density at radius 3 is 2.27 bits per heavy atom. The summed E-state index contributed by atoms with van der Waals surface area (Å²) < 4.78 is 3.32. The number of carbonyl (C=O) groups excluding carboxylic acids is 2. The lowest BCUT2D eigenvalue weighted by Crippen LogP contribution is -2.22. The standard InChI is InChI=1S/C30H26N6O3S2/c37-14-11-32-15-18-16-33-27(40-18)29(38)35-12-8-21-19(3-1-5-24(21)35)20-4-2-6-25-22(20)9-13-36(25)30(39)28-34-23-7-10-31-17-26(23)41-28/h1-6,8-9,12-13,16,31-32,37H,7,10-11,14-15,17H2. The van der Waals surface area contributed by atoms with E-state index >= 15 is 0 Å². The number of hydrogen-bond donors (Lipinski definition) is 3. The van der Waals surface area contributed by atoms with Gasteiger partial charge in [-0.1, -0.05) is 24.3 Å². The van der Waals surface area contributed by atoms with Gasteiger partial charge in [-0.2, -0.15) is 0 Å². The Balaban J connectivity index is 1.23. The van der Waals surface area contributed by atoms with Crippen LogP contribution in [0.15, 0.2) is 67.1 Å². The van der Waals surface area contributed by atoms with E-state index in [9.17, 15) is 9.59 Å². The normalized spacial score (nSPS) is 13.2. The smallest absolute Gasteiger partial charge is 0.291 e. The number of fused-ring (bicyclic) bond motifs is 3. The fourth-order valence-corrected chi connectivity index (χ4v) is 7.19. The first-order valence-corrected chi connectivity index (χ1v) is 15.0. The van der Waals surface area contributed by atoms with E-state index in [-0.39, 0.29) is 18.4 Å². The first-order chi connectivity index (χ1) is 20.1. The molecule has 0 saturated carbocycles. The average Bonchev–Trinajstić information content (AvgIpc) is 3.81. The van der Waals surface area contributed by atoms with Crippen LogP contribution in [0.1, 0.15) is 35.1 Å². The van der Waals surface area contributed by atoms with Gasteiger partial charge in [0.05, 0.1) is 23.3 Å². The molecule has 0 unspecified atom stereocenters. The molecule has 5 heterocycles. The number of hydrogen-bond acceptors (Lipinski definition) is 9. The molecule has 3 N–H and O–H groups in total. The molecular weight excluding hydrogens is 557 g/mol. The molecule has 11 heteroatoms. The number of nitrogens with zero attached hydrogens (tertiary/aromatic N) is 4. The molecule has 1 aliphatic rings. The Labute approximate surface area is 243 Å². The van der Waals surface area contributed by atoms with Crippen LogP contribution in [0, 0.1) is 0 Å². The molecule has 0 aliphatic carbocycles. The molecule has 0 atom stereocenters. The molecule has 41 heavy (non-hydrogen) atoms. The molecule has 0 radical (unpaired) electrons. The van der Waals surface area contributed by atoms with Gasteiger partial charge in [-0.05, 0) is 35.4 Å². The highest BCUT2D eigenvalue weighted by molar-refractivity contribution is 7.14. The number of benzene rings is 2. The summed E-state index contributed by atoms with van der Waals surface area (Å²) in [6.45, 7) is 2.74. The van der Waals surface area contributed by atoms with Crippen LogP contribution in [-0.4, -0.2) is 55.7 Å². The van der Waals surface area contributed by atoms with Crippen molar-refractivity contribution in [3.05, 3.63) is 92.6 Å². The van der Waals surface area contributed by atoms with Gasteiger partial charge in [-0.25, -0.2) is 9.97 Å². The van der Waals surface area contributed by atoms with E-state index < -0.39 is 0 Å². The largest absolute Gasteiger partial charge is 0.395 e. The van der Waals surface area contributed by atoms with E-state index in [0.29, 0.717) is 23.1 Å². The lowest BCUT2D eigenvalue weighted by Gasteiger charge is -2.09. The van der Waals surface area contributed by atoms with Crippen molar-refractivity contribution in [3.8, 4) is 11.1 Å². The summed E-state index contributed by atoms with van der Waals surface area (Å²) in [4.78, 5) is 38.0. The third-order valence-electron chi connectivity index (χ3n) is 7.30. The topological polar surface area (TPSA) is 114 Å². The monoisotopic (exact) mass is 582 g/mol. The molecule has 7 rings (SSSR count). The maximum absolute atomic E-state index is 13.5. The minimum atomic E-state index is -0.188. The number of aliphatic hydroxyl groups is 1. The van der Waals surface area contributed by atoms with Crippen LogP contribution in [0.4, 0.5) is 0 Å². The average molecular weight is 583 g/mol. The van der Waals surface area contributed by atoms with Crippen molar-refractivity contribution in [1.82, 2.24) is 29.7 Å². The molecule has 206 valence electrons. The molecular formula is C30H26N6O3S2. The quantitative estimate of drug-likeness (QED) is 0.241. The summed E-state index contributed by atoms with van der Waals surface area (Å²) in [5.74, 6) is -0.312. The second-order valence-electron chi connectivity index (χ2n) is 9.81. The Bertz CT molecular complexity index is 1910. The lowest BCUT2D eigenvalue weighted by atomic mass is 9.98. The summed E-state index contributed by atoms with van der Waals surface area (Å²) in [6.07, 6.45) is 6.15. The van der Waals surface area contributed by atoms with Crippen molar-refractivity contribution in [3.63, 3.8) is 0 Å². The molecule has 0 saturated heterocycles. The number of carbonyl (C=O) groups is 2. The Morgan fingerprint density at radius 1 is 0.927 bits per heavy atom. The lowest BCUT2D eigenvalue weighted by molar-refractivity contribution is 0.0956. The van der Waals surface area contributed by atoms with Crippen molar-refractivity contribution in [2.45, 2.75) is 19.5 Å². The number of aliphatic hydroxyl groups excluding tert-OH is 1. The summed E-state index contributed by atoms with van der Waals surface area (Å²) >= 11 is 2.81. The Kier molecular flexibility index (Phi) is 6.81. The van der Waals surface area contributed by atoms with Gasteiger partial charge in [-0.3, -0.25) is 18.7 Å². The van der Waals surface area contributed by atoms with Gasteiger partial charge >= 0.3 is 0 Å². The molecule has 0 spiro atoms. The van der Waals surface area contributed by atoms with Crippen LogP contribution >= 0.6 is 22.7 Å². The molecule has 2 aromatic carbocycles. The highest BCUT2D eigenvalue weighted by atomic mass is 32.1. The zero-order valence-corrected chi connectivity index (χ0v) is 23.6. The predicted molar refractivity (Wildman–Crippen MR) is 161 cm³/mol. The van der Waals surface area contributed by atoms with E-state index in [1.54, 1.807) is 21.5 Å². The zero-order valence-electron chi connectivity index (χ0n) is 22.0. The minimum Gasteiger partial charge on any atom is -0.395 e. The highest BCUT2D eigenvalue weighted by Crippen LogP contribution is 2.35. The van der Waals surface area contributed by atoms with Gasteiger partial charge in [0.15, 0.2) is 10.0 Å². The fourth-order valence-electron chi connectivity index (χ4n) is 5.36. The van der Waals surface area contributed by atoms with Crippen LogP contribution in [0.2, 0.25) is 0 Å². The predicted octanol–water partition coefficient (Wildman–Crippen LogP) is 4.28. The number of nitrogens with one attached hydrogen (secondary N) is 2. The van der Waals surface area contributed by atoms with Crippen molar-refractivity contribution in [2.75, 3.05) is 19.7 Å². The number of aromatic nitrogens is 4. The molecule has 9 nitrogen and oxygen atoms in total. The van der Waals surface area contributed by atoms with Gasteiger partial charge in [0.2, 0.25) is 0 Å². The molecule has 6 aromatic rings. The van der Waals surface area contributed by atoms with E-state index in [2.05, 4.69) is 20.6 Å². The summed E-state index contributed by atoms with van der Waals surface area (Å²) in [5.41, 5.74) is 4.59. The molecule has 0 fully saturated rings. The highest BCUT2D eigenvalue weighted by Gasteiger charge is 2.22. The van der Waals surface area contributed by atoms with E-state index in [1.807, 2.05) is 54.7 Å². The molecule has 0 amide bonds. The van der Waals surface area contributed by atoms with Gasteiger partial charge in [0, 0.05) is 71.7 Å². The summed E-state index contributed by atoms with van der Waals surface area (Å²) in [5, 5.41) is 18.2.